The Morgan fingerprint density at radius 3 is 2.63 bits per heavy atom. The molecule has 12 heteroatoms. The predicted octanol–water partition coefficient (Wildman–Crippen LogP) is 4.19. The van der Waals surface area contributed by atoms with Gasteiger partial charge in [0.1, 0.15) is 30.1 Å². The highest BCUT2D eigenvalue weighted by molar-refractivity contribution is 5.97. The van der Waals surface area contributed by atoms with Crippen LogP contribution in [0.5, 0.6) is 17.2 Å². The summed E-state index contributed by atoms with van der Waals surface area (Å²) < 4.78 is 60.3. The Morgan fingerprint density at radius 2 is 1.95 bits per heavy atom. The lowest BCUT2D eigenvalue weighted by molar-refractivity contribution is -0.164. The number of carbonyl (C=O) groups excluding carboxylic acids is 2. The van der Waals surface area contributed by atoms with Gasteiger partial charge in [-0.05, 0) is 44.7 Å². The number of aromatic hydroxyl groups is 1. The number of nitrogens with one attached hydrogen (secondary N) is 1. The van der Waals surface area contributed by atoms with E-state index in [9.17, 15) is 27.9 Å². The molecule has 2 N–H and O–H groups in total. The summed E-state index contributed by atoms with van der Waals surface area (Å²) in [4.78, 5) is 29.7. The van der Waals surface area contributed by atoms with Crippen LogP contribution in [0.3, 0.4) is 0 Å². The van der Waals surface area contributed by atoms with Crippen LogP contribution < -0.4 is 14.8 Å². The molecule has 1 amide bonds. The number of para-hydroxylation sites is 1. The number of hydrogen-bond donors (Lipinski definition) is 2. The summed E-state index contributed by atoms with van der Waals surface area (Å²) in [6.45, 7) is 1.36. The Bertz CT molecular complexity index is 1070. The van der Waals surface area contributed by atoms with Crippen LogP contribution in [0.2, 0.25) is 0 Å². The summed E-state index contributed by atoms with van der Waals surface area (Å²) in [6, 6.07) is 9.15. The van der Waals surface area contributed by atoms with Gasteiger partial charge in [-0.25, -0.2) is 9.78 Å². The van der Waals surface area contributed by atoms with E-state index in [1.807, 2.05) is 6.07 Å². The predicted molar refractivity (Wildman–Crippen MR) is 129 cm³/mol. The molecule has 2 heterocycles. The molecular formula is C26H31F3N2O7. The topological polar surface area (TPSA) is 116 Å². The molecule has 0 spiro atoms. The Kier molecular flexibility index (Phi) is 10.2. The summed E-state index contributed by atoms with van der Waals surface area (Å²) in [5, 5.41) is 12.8. The molecule has 1 aromatic carbocycles. The van der Waals surface area contributed by atoms with Gasteiger partial charge in [-0.1, -0.05) is 18.2 Å². The summed E-state index contributed by atoms with van der Waals surface area (Å²) in [5.74, 6) is -1.45. The van der Waals surface area contributed by atoms with Gasteiger partial charge in [-0.3, -0.25) is 4.79 Å². The third kappa shape index (κ3) is 8.23. The third-order valence-corrected chi connectivity index (χ3v) is 5.97. The first-order valence-electron chi connectivity index (χ1n) is 12.2. The van der Waals surface area contributed by atoms with E-state index in [2.05, 4.69) is 10.3 Å². The van der Waals surface area contributed by atoms with Crippen molar-refractivity contribution >= 4 is 11.9 Å². The molecule has 0 bridgehead atoms. The van der Waals surface area contributed by atoms with Crippen molar-refractivity contribution in [3.63, 3.8) is 0 Å². The second-order valence-corrected chi connectivity index (χ2v) is 8.83. The lowest BCUT2D eigenvalue weighted by Gasteiger charge is -2.31. The molecule has 0 unspecified atom stereocenters. The van der Waals surface area contributed by atoms with E-state index in [-0.39, 0.29) is 30.9 Å². The number of halogens is 3. The number of benzene rings is 1. The molecule has 9 nitrogen and oxygen atoms in total. The number of rotatable bonds is 9. The van der Waals surface area contributed by atoms with Crippen molar-refractivity contribution in [3.05, 3.63) is 48.3 Å². The number of carbonyl (C=O) groups is 2. The molecule has 0 saturated carbocycles. The van der Waals surface area contributed by atoms with E-state index in [1.54, 1.807) is 31.2 Å². The van der Waals surface area contributed by atoms with Gasteiger partial charge in [-0.2, -0.15) is 13.2 Å². The van der Waals surface area contributed by atoms with Crippen LogP contribution in [-0.4, -0.2) is 66.2 Å². The Hall–Kier alpha value is -3.54. The second kappa shape index (κ2) is 13.3. The van der Waals surface area contributed by atoms with E-state index in [0.29, 0.717) is 18.6 Å². The lowest BCUT2D eigenvalue weighted by Crippen LogP contribution is -2.46. The van der Waals surface area contributed by atoms with Crippen LogP contribution in [0.15, 0.2) is 42.6 Å². The van der Waals surface area contributed by atoms with Gasteiger partial charge in [0.15, 0.2) is 17.2 Å². The fourth-order valence-corrected chi connectivity index (χ4v) is 4.10. The maximum Gasteiger partial charge on any atom is 0.389 e. The number of ether oxygens (including phenoxy) is 4. The lowest BCUT2D eigenvalue weighted by atomic mass is 10.0. The molecule has 1 aromatic heterocycles. The molecule has 1 saturated heterocycles. The maximum absolute atomic E-state index is 13.0. The monoisotopic (exact) mass is 540 g/mol. The molecule has 0 radical (unpaired) electrons. The van der Waals surface area contributed by atoms with Crippen molar-refractivity contribution in [1.82, 2.24) is 10.3 Å². The van der Waals surface area contributed by atoms with Gasteiger partial charge in [0.2, 0.25) is 0 Å². The highest BCUT2D eigenvalue weighted by Gasteiger charge is 2.37. The molecule has 1 aliphatic heterocycles. The first-order valence-corrected chi connectivity index (χ1v) is 12.2. The van der Waals surface area contributed by atoms with Gasteiger partial charge in [0.05, 0.1) is 7.11 Å². The Labute approximate surface area is 218 Å². The zero-order valence-electron chi connectivity index (χ0n) is 21.1. The largest absolute Gasteiger partial charge is 0.503 e. The summed E-state index contributed by atoms with van der Waals surface area (Å²) >= 11 is 0. The Morgan fingerprint density at radius 1 is 1.21 bits per heavy atom. The van der Waals surface area contributed by atoms with Crippen LogP contribution >= 0.6 is 0 Å². The van der Waals surface area contributed by atoms with Gasteiger partial charge in [0.25, 0.3) is 5.91 Å². The van der Waals surface area contributed by atoms with Crippen molar-refractivity contribution < 1.29 is 46.8 Å². The number of alkyl halides is 3. The van der Waals surface area contributed by atoms with Crippen LogP contribution in [0, 0.1) is 0 Å². The zero-order chi connectivity index (χ0) is 27.7. The summed E-state index contributed by atoms with van der Waals surface area (Å²) in [7, 11) is 1.32. The number of esters is 1. The summed E-state index contributed by atoms with van der Waals surface area (Å²) in [5.41, 5.74) is -0.318. The van der Waals surface area contributed by atoms with E-state index in [0.717, 1.165) is 0 Å². The molecule has 0 aliphatic carbocycles. The average molecular weight is 541 g/mol. The van der Waals surface area contributed by atoms with Crippen LogP contribution in [0.1, 0.15) is 49.5 Å². The zero-order valence-corrected chi connectivity index (χ0v) is 21.1. The highest BCUT2D eigenvalue weighted by atomic mass is 19.4. The fraction of sp³-hybridized carbons (Fsp3) is 0.500. The van der Waals surface area contributed by atoms with Crippen molar-refractivity contribution in [2.45, 2.75) is 69.6 Å². The molecule has 4 atom stereocenters. The minimum atomic E-state index is -4.31. The number of methoxy groups -OCH3 is 1. The van der Waals surface area contributed by atoms with E-state index in [4.69, 9.17) is 18.9 Å². The fourth-order valence-electron chi connectivity index (χ4n) is 4.10. The second-order valence-electron chi connectivity index (χ2n) is 8.83. The average Bonchev–Trinajstić information content (AvgIpc) is 2.91. The number of amides is 1. The van der Waals surface area contributed by atoms with Crippen molar-refractivity contribution in [1.29, 1.82) is 0 Å². The van der Waals surface area contributed by atoms with Gasteiger partial charge in [0, 0.05) is 25.3 Å². The van der Waals surface area contributed by atoms with Crippen LogP contribution in [0.25, 0.3) is 0 Å². The first kappa shape index (κ1) is 29.0. The van der Waals surface area contributed by atoms with E-state index < -0.39 is 54.6 Å². The molecule has 208 valence electrons. The molecule has 1 aliphatic rings. The first-order chi connectivity index (χ1) is 18.1. The van der Waals surface area contributed by atoms with Crippen LogP contribution in [-0.2, 0) is 14.3 Å². The summed E-state index contributed by atoms with van der Waals surface area (Å²) in [6.07, 6.45) is -5.73. The van der Waals surface area contributed by atoms with Gasteiger partial charge in [-0.15, -0.1) is 0 Å². The van der Waals surface area contributed by atoms with Crippen molar-refractivity contribution in [3.8, 4) is 17.2 Å². The number of cyclic esters (lactones) is 1. The normalized spacial score (nSPS) is 22.4. The van der Waals surface area contributed by atoms with E-state index in [1.165, 1.54) is 19.4 Å². The smallest absolute Gasteiger partial charge is 0.389 e. The maximum atomic E-state index is 13.0. The molecular weight excluding hydrogens is 509 g/mol. The van der Waals surface area contributed by atoms with Gasteiger partial charge >= 0.3 is 12.1 Å². The highest BCUT2D eigenvalue weighted by Crippen LogP contribution is 2.29. The SMILES string of the molecule is COc1ccnc(C(=O)N[C@H]2CCC[C@H](Oc3ccccc3)[C@@H](OCCCC(F)(F)F)[C@H](C)OC2=O)c1O. The number of hydrogen-bond acceptors (Lipinski definition) is 8. The molecule has 1 fully saturated rings. The number of pyridine rings is 1. The quantitative estimate of drug-likeness (QED) is 0.360. The van der Waals surface area contributed by atoms with Crippen molar-refractivity contribution in [2.24, 2.45) is 0 Å². The van der Waals surface area contributed by atoms with Crippen molar-refractivity contribution in [2.75, 3.05) is 13.7 Å². The molecule has 3 rings (SSSR count). The minimum Gasteiger partial charge on any atom is -0.503 e. The van der Waals surface area contributed by atoms with Gasteiger partial charge < -0.3 is 29.4 Å². The molecule has 2 aromatic rings. The standard InChI is InChI=1S/C26H31F3N2O7/c1-16-23(36-15-7-13-26(27,28)29)20(38-17-8-4-3-5-9-17)11-6-10-18(25(34)37-16)31-24(33)21-22(32)19(35-2)12-14-30-21/h3-5,8-9,12,14,16,18,20,23,32H,6-7,10-11,13,15H2,1-2H3,(H,31,33)/t16-,18-,20-,23-/m0/s1. The minimum absolute atomic E-state index is 0.0437. The number of nitrogens with zero attached hydrogens (tertiary/aromatic N) is 1. The Balaban J connectivity index is 1.75. The number of aromatic nitrogens is 1. The van der Waals surface area contributed by atoms with E-state index >= 15 is 0 Å². The molecule has 38 heavy (non-hydrogen) atoms. The third-order valence-electron chi connectivity index (χ3n) is 5.97. The van der Waals surface area contributed by atoms with Crippen LogP contribution in [0.4, 0.5) is 13.2 Å².